The van der Waals surface area contributed by atoms with Crippen molar-refractivity contribution in [2.24, 2.45) is 0 Å². The average Bonchev–Trinajstić information content (AvgIpc) is 3.13. The van der Waals surface area contributed by atoms with Crippen LogP contribution in [-0.4, -0.2) is 51.8 Å². The fourth-order valence-electron chi connectivity index (χ4n) is 3.67. The Kier molecular flexibility index (Phi) is 5.76. The van der Waals surface area contributed by atoms with Crippen LogP contribution < -0.4 is 4.90 Å². The largest absolute Gasteiger partial charge is 0.368 e. The van der Waals surface area contributed by atoms with Gasteiger partial charge in [-0.15, -0.1) is 0 Å². The van der Waals surface area contributed by atoms with Gasteiger partial charge >= 0.3 is 0 Å². The van der Waals surface area contributed by atoms with Crippen molar-refractivity contribution >= 4 is 23.8 Å². The van der Waals surface area contributed by atoms with Gasteiger partial charge in [0.2, 0.25) is 5.91 Å². The standard InChI is InChI=1S/C22H25N5OS/c1-17-7-9-18(10-8-17)21-23-24-22(29)27(21)12-11-20(28)26-15-13-25(14-16-26)19-5-3-2-4-6-19/h2-10H,11-16H2,1H3,(H,24,29). The second-order valence-corrected chi connectivity index (χ2v) is 7.71. The van der Waals surface area contributed by atoms with Gasteiger partial charge < -0.3 is 9.80 Å². The molecule has 2 aromatic carbocycles. The molecule has 1 saturated heterocycles. The normalized spacial score (nSPS) is 14.2. The van der Waals surface area contributed by atoms with Crippen molar-refractivity contribution in [2.45, 2.75) is 19.9 Å². The lowest BCUT2D eigenvalue weighted by atomic mass is 10.1. The Labute approximate surface area is 175 Å². The minimum absolute atomic E-state index is 0.163. The lowest BCUT2D eigenvalue weighted by Crippen LogP contribution is -2.48. The van der Waals surface area contributed by atoms with Gasteiger partial charge in [0.05, 0.1) is 0 Å². The third kappa shape index (κ3) is 4.40. The number of carbonyl (C=O) groups is 1. The molecule has 0 spiro atoms. The van der Waals surface area contributed by atoms with Crippen LogP contribution in [0.5, 0.6) is 0 Å². The number of anilines is 1. The quantitative estimate of drug-likeness (QED) is 0.656. The Balaban J connectivity index is 1.37. The first-order chi connectivity index (χ1) is 14.1. The smallest absolute Gasteiger partial charge is 0.224 e. The van der Waals surface area contributed by atoms with E-state index in [1.54, 1.807) is 0 Å². The maximum absolute atomic E-state index is 12.8. The van der Waals surface area contributed by atoms with Crippen LogP contribution in [0.25, 0.3) is 11.4 Å². The SMILES string of the molecule is Cc1ccc(-c2n[nH]c(=S)n2CCC(=O)N2CCN(c3ccccc3)CC2)cc1. The number of benzene rings is 2. The number of piperazine rings is 1. The van der Waals surface area contributed by atoms with E-state index in [9.17, 15) is 4.79 Å². The van der Waals surface area contributed by atoms with Gasteiger partial charge in [-0.2, -0.15) is 5.10 Å². The van der Waals surface area contributed by atoms with Crippen molar-refractivity contribution < 1.29 is 4.79 Å². The minimum Gasteiger partial charge on any atom is -0.368 e. The summed E-state index contributed by atoms with van der Waals surface area (Å²) in [6.07, 6.45) is 0.415. The zero-order valence-corrected chi connectivity index (χ0v) is 17.4. The van der Waals surface area contributed by atoms with E-state index in [4.69, 9.17) is 12.2 Å². The van der Waals surface area contributed by atoms with Gasteiger partial charge in [-0.25, -0.2) is 0 Å². The molecule has 3 aromatic rings. The van der Waals surface area contributed by atoms with Crippen LogP contribution in [0.1, 0.15) is 12.0 Å². The van der Waals surface area contributed by atoms with E-state index in [0.717, 1.165) is 37.6 Å². The molecule has 0 aliphatic carbocycles. The molecule has 0 unspecified atom stereocenters. The number of nitrogens with zero attached hydrogens (tertiary/aromatic N) is 4. The third-order valence-electron chi connectivity index (χ3n) is 5.37. The van der Waals surface area contributed by atoms with Crippen molar-refractivity contribution in [2.75, 3.05) is 31.1 Å². The van der Waals surface area contributed by atoms with E-state index in [-0.39, 0.29) is 5.91 Å². The molecule has 4 rings (SSSR count). The van der Waals surface area contributed by atoms with Crippen LogP contribution >= 0.6 is 12.2 Å². The molecule has 0 saturated carbocycles. The monoisotopic (exact) mass is 407 g/mol. The first kappa shape index (κ1) is 19.4. The second kappa shape index (κ2) is 8.61. The van der Waals surface area contributed by atoms with Gasteiger partial charge in [0, 0.05) is 50.4 Å². The predicted molar refractivity (Wildman–Crippen MR) is 117 cm³/mol. The molecule has 1 aromatic heterocycles. The molecule has 2 heterocycles. The number of rotatable bonds is 5. The predicted octanol–water partition coefficient (Wildman–Crippen LogP) is 3.66. The highest BCUT2D eigenvalue weighted by Gasteiger charge is 2.21. The van der Waals surface area contributed by atoms with E-state index in [2.05, 4.69) is 46.3 Å². The summed E-state index contributed by atoms with van der Waals surface area (Å²) in [5.41, 5.74) is 3.40. The van der Waals surface area contributed by atoms with E-state index >= 15 is 0 Å². The maximum atomic E-state index is 12.8. The third-order valence-corrected chi connectivity index (χ3v) is 5.68. The second-order valence-electron chi connectivity index (χ2n) is 7.32. The van der Waals surface area contributed by atoms with Crippen LogP contribution in [0.3, 0.4) is 0 Å². The minimum atomic E-state index is 0.163. The van der Waals surface area contributed by atoms with Crippen LogP contribution in [-0.2, 0) is 11.3 Å². The number of aromatic amines is 1. The Bertz CT molecular complexity index is 1020. The fourth-order valence-corrected chi connectivity index (χ4v) is 3.89. The molecule has 1 aliphatic rings. The number of H-pyrrole nitrogens is 1. The van der Waals surface area contributed by atoms with Crippen molar-refractivity contribution in [3.63, 3.8) is 0 Å². The number of hydrogen-bond donors (Lipinski definition) is 1. The van der Waals surface area contributed by atoms with Gasteiger partial charge in [0.1, 0.15) is 0 Å². The maximum Gasteiger partial charge on any atom is 0.224 e. The summed E-state index contributed by atoms with van der Waals surface area (Å²) in [5.74, 6) is 0.937. The topological polar surface area (TPSA) is 57.2 Å². The van der Waals surface area contributed by atoms with E-state index in [0.29, 0.717) is 17.7 Å². The van der Waals surface area contributed by atoms with Crippen molar-refractivity contribution in [3.05, 3.63) is 64.9 Å². The molecular formula is C22H25N5OS. The Morgan fingerprint density at radius 1 is 1.03 bits per heavy atom. The highest BCUT2D eigenvalue weighted by atomic mass is 32.1. The van der Waals surface area contributed by atoms with Crippen LogP contribution in [0.4, 0.5) is 5.69 Å². The zero-order valence-electron chi connectivity index (χ0n) is 16.5. The molecule has 1 amide bonds. The highest BCUT2D eigenvalue weighted by molar-refractivity contribution is 7.71. The summed E-state index contributed by atoms with van der Waals surface area (Å²) in [4.78, 5) is 17.0. The summed E-state index contributed by atoms with van der Waals surface area (Å²) in [6.45, 7) is 5.78. The fraction of sp³-hybridized carbons (Fsp3) is 0.318. The van der Waals surface area contributed by atoms with E-state index < -0.39 is 0 Å². The van der Waals surface area contributed by atoms with Crippen molar-refractivity contribution in [3.8, 4) is 11.4 Å². The average molecular weight is 408 g/mol. The molecule has 150 valence electrons. The zero-order chi connectivity index (χ0) is 20.2. The lowest BCUT2D eigenvalue weighted by Gasteiger charge is -2.36. The number of amides is 1. The van der Waals surface area contributed by atoms with Gasteiger partial charge in [0.15, 0.2) is 10.6 Å². The van der Waals surface area contributed by atoms with Crippen LogP contribution in [0.15, 0.2) is 54.6 Å². The molecule has 1 fully saturated rings. The molecule has 0 atom stereocenters. The molecular weight excluding hydrogens is 382 g/mol. The van der Waals surface area contributed by atoms with Gasteiger partial charge in [-0.1, -0.05) is 48.0 Å². The molecule has 1 aliphatic heterocycles. The van der Waals surface area contributed by atoms with Gasteiger partial charge in [0.25, 0.3) is 0 Å². The number of nitrogens with one attached hydrogen (secondary N) is 1. The molecule has 6 nitrogen and oxygen atoms in total. The Morgan fingerprint density at radius 3 is 2.41 bits per heavy atom. The molecule has 7 heteroatoms. The summed E-state index contributed by atoms with van der Waals surface area (Å²) in [5, 5.41) is 7.23. The summed E-state index contributed by atoms with van der Waals surface area (Å²) in [7, 11) is 0. The summed E-state index contributed by atoms with van der Waals surface area (Å²) < 4.78 is 2.46. The van der Waals surface area contributed by atoms with Crippen molar-refractivity contribution in [1.82, 2.24) is 19.7 Å². The van der Waals surface area contributed by atoms with Crippen molar-refractivity contribution in [1.29, 1.82) is 0 Å². The lowest BCUT2D eigenvalue weighted by molar-refractivity contribution is -0.131. The molecule has 29 heavy (non-hydrogen) atoms. The number of para-hydroxylation sites is 1. The van der Waals surface area contributed by atoms with Gasteiger partial charge in [-0.05, 0) is 31.3 Å². The Morgan fingerprint density at radius 2 is 1.72 bits per heavy atom. The number of carbonyl (C=O) groups excluding carboxylic acids is 1. The number of aromatic nitrogens is 3. The first-order valence-electron chi connectivity index (χ1n) is 9.92. The summed E-state index contributed by atoms with van der Waals surface area (Å²) in [6, 6.07) is 18.5. The molecule has 0 radical (unpaired) electrons. The number of aryl methyl sites for hydroxylation is 1. The Hall–Kier alpha value is -2.93. The van der Waals surface area contributed by atoms with Gasteiger partial charge in [-0.3, -0.25) is 14.5 Å². The summed E-state index contributed by atoms with van der Waals surface area (Å²) >= 11 is 5.39. The molecule has 1 N–H and O–H groups in total. The number of hydrogen-bond acceptors (Lipinski definition) is 4. The first-order valence-corrected chi connectivity index (χ1v) is 10.3. The van der Waals surface area contributed by atoms with E-state index in [1.165, 1.54) is 11.3 Å². The molecule has 0 bridgehead atoms. The van der Waals surface area contributed by atoms with Crippen LogP contribution in [0.2, 0.25) is 0 Å². The van der Waals surface area contributed by atoms with Crippen LogP contribution in [0, 0.1) is 11.7 Å². The van der Waals surface area contributed by atoms with E-state index in [1.807, 2.05) is 39.8 Å². The highest BCUT2D eigenvalue weighted by Crippen LogP contribution is 2.19.